The van der Waals surface area contributed by atoms with Crippen molar-refractivity contribution in [2.45, 2.75) is 6.61 Å². The molecular weight excluding hydrogens is 430 g/mol. The van der Waals surface area contributed by atoms with E-state index in [1.54, 1.807) is 30.3 Å². The monoisotopic (exact) mass is 447 g/mol. The Hall–Kier alpha value is -4.17. The normalized spacial score (nSPS) is 10.9. The van der Waals surface area contributed by atoms with Crippen LogP contribution in [0.5, 0.6) is 0 Å². The lowest BCUT2D eigenvalue weighted by atomic mass is 10.1. The molecular formula is C23H18ClN5O3. The molecule has 1 amide bonds. The number of carbonyl (C=O) groups excluding carboxylic acids is 1. The van der Waals surface area contributed by atoms with Gasteiger partial charge in [-0.05, 0) is 57.4 Å². The predicted molar refractivity (Wildman–Crippen MR) is 123 cm³/mol. The van der Waals surface area contributed by atoms with Gasteiger partial charge in [0.1, 0.15) is 6.61 Å². The van der Waals surface area contributed by atoms with Gasteiger partial charge in [-0.3, -0.25) is 5.32 Å². The van der Waals surface area contributed by atoms with Crippen molar-refractivity contribution in [1.29, 1.82) is 0 Å². The molecule has 0 aliphatic rings. The smallest absolute Gasteiger partial charge is 0.411 e. The Morgan fingerprint density at radius 3 is 2.62 bits per heavy atom. The second-order valence-electron chi connectivity index (χ2n) is 6.81. The number of hydrogen-bond acceptors (Lipinski definition) is 5. The highest BCUT2D eigenvalue weighted by Crippen LogP contribution is 2.21. The van der Waals surface area contributed by atoms with Crippen molar-refractivity contribution in [3.05, 3.63) is 105 Å². The summed E-state index contributed by atoms with van der Waals surface area (Å²) in [4.78, 5) is 23.8. The van der Waals surface area contributed by atoms with Crippen LogP contribution in [0, 0.1) is 0 Å². The van der Waals surface area contributed by atoms with Gasteiger partial charge < -0.3 is 4.74 Å². The summed E-state index contributed by atoms with van der Waals surface area (Å²) in [7, 11) is 0. The van der Waals surface area contributed by atoms with E-state index < -0.39 is 11.8 Å². The number of anilines is 1. The molecule has 8 nitrogen and oxygen atoms in total. The van der Waals surface area contributed by atoms with E-state index in [-0.39, 0.29) is 6.61 Å². The van der Waals surface area contributed by atoms with E-state index in [9.17, 15) is 9.59 Å². The third-order valence-electron chi connectivity index (χ3n) is 4.43. The number of nitrogens with one attached hydrogen (secondary N) is 2. The molecule has 0 aliphatic heterocycles. The lowest BCUT2D eigenvalue weighted by Gasteiger charge is -2.08. The van der Waals surface area contributed by atoms with Crippen LogP contribution in [0.1, 0.15) is 16.7 Å². The van der Waals surface area contributed by atoms with Gasteiger partial charge in [0.25, 0.3) is 0 Å². The number of H-pyrrole nitrogens is 1. The Morgan fingerprint density at radius 1 is 1.03 bits per heavy atom. The summed E-state index contributed by atoms with van der Waals surface area (Å²) in [5.41, 5.74) is 3.19. The van der Waals surface area contributed by atoms with E-state index in [0.717, 1.165) is 16.7 Å². The first-order valence-electron chi connectivity index (χ1n) is 9.64. The molecule has 0 radical (unpaired) electrons. The molecule has 2 N–H and O–H groups in total. The number of aromatic amines is 1. The summed E-state index contributed by atoms with van der Waals surface area (Å²) < 4.78 is 6.41. The molecule has 0 fully saturated rings. The SMILES string of the molecule is O=C(Nc1cc(Cl)cc(/C=C/c2cccc(-n3nn[nH]c3=O)c2)c1)OCc1ccccc1. The van der Waals surface area contributed by atoms with Crippen LogP contribution in [0.25, 0.3) is 17.8 Å². The summed E-state index contributed by atoms with van der Waals surface area (Å²) in [6.45, 7) is 0.172. The molecule has 0 saturated carbocycles. The van der Waals surface area contributed by atoms with E-state index >= 15 is 0 Å². The van der Waals surface area contributed by atoms with Gasteiger partial charge in [0.05, 0.1) is 5.69 Å². The van der Waals surface area contributed by atoms with Gasteiger partial charge in [-0.15, -0.1) is 0 Å². The van der Waals surface area contributed by atoms with Gasteiger partial charge in [0.2, 0.25) is 0 Å². The number of carbonyl (C=O) groups is 1. The van der Waals surface area contributed by atoms with Gasteiger partial charge in [-0.2, -0.15) is 4.68 Å². The topological polar surface area (TPSA) is 102 Å². The van der Waals surface area contributed by atoms with Gasteiger partial charge in [-0.1, -0.05) is 66.2 Å². The minimum absolute atomic E-state index is 0.172. The minimum atomic E-state index is -0.572. The number of ether oxygens (including phenoxy) is 1. The fourth-order valence-corrected chi connectivity index (χ4v) is 3.22. The third-order valence-corrected chi connectivity index (χ3v) is 4.65. The maximum absolute atomic E-state index is 12.1. The second kappa shape index (κ2) is 9.76. The van der Waals surface area contributed by atoms with Crippen LogP contribution in [0.15, 0.2) is 77.6 Å². The molecule has 0 saturated heterocycles. The molecule has 0 spiro atoms. The van der Waals surface area contributed by atoms with Crippen molar-refractivity contribution in [1.82, 2.24) is 20.2 Å². The van der Waals surface area contributed by atoms with E-state index in [2.05, 4.69) is 20.8 Å². The molecule has 0 unspecified atom stereocenters. The summed E-state index contributed by atoms with van der Waals surface area (Å²) in [6, 6.07) is 21.8. The molecule has 4 rings (SSSR count). The van der Waals surface area contributed by atoms with Crippen molar-refractivity contribution >= 4 is 35.5 Å². The molecule has 3 aromatic carbocycles. The predicted octanol–water partition coefficient (Wildman–Crippen LogP) is 4.53. The zero-order valence-corrected chi connectivity index (χ0v) is 17.5. The zero-order chi connectivity index (χ0) is 22.3. The lowest BCUT2D eigenvalue weighted by Crippen LogP contribution is -2.15. The molecule has 0 aliphatic carbocycles. The maximum Gasteiger partial charge on any atom is 0.411 e. The van der Waals surface area contributed by atoms with E-state index in [1.807, 2.05) is 54.6 Å². The molecule has 1 heterocycles. The van der Waals surface area contributed by atoms with E-state index in [1.165, 1.54) is 4.68 Å². The first kappa shape index (κ1) is 21.1. The van der Waals surface area contributed by atoms with Crippen molar-refractivity contribution in [2.24, 2.45) is 0 Å². The van der Waals surface area contributed by atoms with E-state index in [4.69, 9.17) is 16.3 Å². The van der Waals surface area contributed by atoms with Crippen LogP contribution in [-0.4, -0.2) is 26.3 Å². The fraction of sp³-hybridized carbons (Fsp3) is 0.0435. The highest BCUT2D eigenvalue weighted by molar-refractivity contribution is 6.31. The van der Waals surface area contributed by atoms with Crippen LogP contribution in [0.4, 0.5) is 10.5 Å². The van der Waals surface area contributed by atoms with Gasteiger partial charge in [0.15, 0.2) is 0 Å². The number of hydrogen-bond donors (Lipinski definition) is 2. The average molecular weight is 448 g/mol. The van der Waals surface area contributed by atoms with Crippen LogP contribution in [0.2, 0.25) is 5.02 Å². The summed E-state index contributed by atoms with van der Waals surface area (Å²) in [5.74, 6) is 0. The molecule has 1 aromatic heterocycles. The summed E-state index contributed by atoms with van der Waals surface area (Å²) >= 11 is 6.22. The standard InChI is InChI=1S/C23H18ClN5O3/c24-19-11-18(10-9-16-7-4-8-21(13-16)29-22(30)26-27-28-29)12-20(14-19)25-23(31)32-15-17-5-2-1-3-6-17/h1-14H,15H2,(H,25,31)(H,26,28,30)/b10-9+. The Labute approximate surface area is 188 Å². The van der Waals surface area contributed by atoms with E-state index in [0.29, 0.717) is 16.4 Å². The van der Waals surface area contributed by atoms with Gasteiger partial charge >= 0.3 is 11.8 Å². The largest absolute Gasteiger partial charge is 0.444 e. The van der Waals surface area contributed by atoms with Crippen LogP contribution in [-0.2, 0) is 11.3 Å². The second-order valence-corrected chi connectivity index (χ2v) is 7.24. The highest BCUT2D eigenvalue weighted by atomic mass is 35.5. The minimum Gasteiger partial charge on any atom is -0.444 e. The Balaban J connectivity index is 1.45. The zero-order valence-electron chi connectivity index (χ0n) is 16.7. The number of halogens is 1. The Morgan fingerprint density at radius 2 is 1.84 bits per heavy atom. The average Bonchev–Trinajstić information content (AvgIpc) is 3.23. The highest BCUT2D eigenvalue weighted by Gasteiger charge is 2.06. The fourth-order valence-electron chi connectivity index (χ4n) is 2.98. The molecule has 0 bridgehead atoms. The number of benzene rings is 3. The molecule has 160 valence electrons. The quantitative estimate of drug-likeness (QED) is 0.423. The number of aromatic nitrogens is 4. The van der Waals surface area contributed by atoms with Gasteiger partial charge in [-0.25, -0.2) is 14.7 Å². The van der Waals surface area contributed by atoms with Crippen LogP contribution in [0.3, 0.4) is 0 Å². The molecule has 4 aromatic rings. The Bertz CT molecular complexity index is 1310. The molecule has 32 heavy (non-hydrogen) atoms. The number of rotatable bonds is 6. The Kier molecular flexibility index (Phi) is 6.43. The number of amides is 1. The summed E-state index contributed by atoms with van der Waals surface area (Å²) in [5, 5.41) is 12.6. The third kappa shape index (κ3) is 5.50. The van der Waals surface area contributed by atoms with Crippen molar-refractivity contribution in [2.75, 3.05) is 5.32 Å². The first-order chi connectivity index (χ1) is 15.6. The number of tetrazole rings is 1. The summed E-state index contributed by atoms with van der Waals surface area (Å²) in [6.07, 6.45) is 3.13. The molecule has 0 atom stereocenters. The molecule has 9 heteroatoms. The van der Waals surface area contributed by atoms with Gasteiger partial charge in [0, 0.05) is 10.7 Å². The lowest BCUT2D eigenvalue weighted by molar-refractivity contribution is 0.155. The number of nitrogens with zero attached hydrogens (tertiary/aromatic N) is 3. The van der Waals surface area contributed by atoms with Crippen LogP contribution < -0.4 is 11.0 Å². The van der Waals surface area contributed by atoms with Crippen LogP contribution >= 0.6 is 11.6 Å². The van der Waals surface area contributed by atoms with Crippen molar-refractivity contribution in [3.8, 4) is 5.69 Å². The van der Waals surface area contributed by atoms with Crippen molar-refractivity contribution in [3.63, 3.8) is 0 Å². The van der Waals surface area contributed by atoms with Crippen molar-refractivity contribution < 1.29 is 9.53 Å². The first-order valence-corrected chi connectivity index (χ1v) is 10.0. The maximum atomic E-state index is 12.1.